The molecule has 0 aliphatic carbocycles. The van der Waals surface area contributed by atoms with Gasteiger partial charge in [0.05, 0.1) is 0 Å². The van der Waals surface area contributed by atoms with E-state index in [0.717, 1.165) is 0 Å². The molecule has 0 saturated heterocycles. The van der Waals surface area contributed by atoms with Gasteiger partial charge in [-0.25, -0.2) is 9.59 Å². The van der Waals surface area contributed by atoms with E-state index in [1.165, 1.54) is 12.3 Å². The van der Waals surface area contributed by atoms with Gasteiger partial charge in [-0.05, 0) is 0 Å². The fourth-order valence-electron chi connectivity index (χ4n) is 0.383. The summed E-state index contributed by atoms with van der Waals surface area (Å²) in [5, 5.41) is 13.9. The summed E-state index contributed by atoms with van der Waals surface area (Å²) in [5.41, 5.74) is -0.855. The molecule has 4 N–H and O–H groups in total. The molecule has 7 heteroatoms. The molecule has 1 aromatic rings. The van der Waals surface area contributed by atoms with E-state index >= 15 is 0 Å². The fourth-order valence-corrected chi connectivity index (χ4v) is 0.383. The molecule has 12 heavy (non-hydrogen) atoms. The van der Waals surface area contributed by atoms with Gasteiger partial charge in [-0.1, -0.05) is 0 Å². The van der Waals surface area contributed by atoms with Crippen LogP contribution < -0.4 is 11.2 Å². The van der Waals surface area contributed by atoms with E-state index in [1.807, 2.05) is 4.98 Å². The summed E-state index contributed by atoms with van der Waals surface area (Å²) in [7, 11) is 0. The van der Waals surface area contributed by atoms with Crippen molar-refractivity contribution in [3.8, 4) is 0 Å². The number of aromatic amines is 2. The lowest BCUT2D eigenvalue weighted by molar-refractivity contribution is 0.137. The van der Waals surface area contributed by atoms with Crippen molar-refractivity contribution in [1.82, 2.24) is 9.97 Å². The van der Waals surface area contributed by atoms with Crippen LogP contribution in [0.5, 0.6) is 0 Å². The van der Waals surface area contributed by atoms with Crippen LogP contribution >= 0.6 is 0 Å². The van der Waals surface area contributed by atoms with Crippen LogP contribution in [0.25, 0.3) is 0 Å². The molecule has 0 fully saturated rings. The standard InChI is InChI=1S/C4H4N2O2.CH2O3/c7-3-1-2-5-4(8)6-3;2-1(3)4/h1-2H,(H2,5,6,7,8);(H2,2,3,4). The van der Waals surface area contributed by atoms with Gasteiger partial charge in [0.25, 0.3) is 5.56 Å². The van der Waals surface area contributed by atoms with Gasteiger partial charge in [0.2, 0.25) is 0 Å². The van der Waals surface area contributed by atoms with E-state index in [9.17, 15) is 9.59 Å². The molecule has 0 unspecified atom stereocenters. The summed E-state index contributed by atoms with van der Waals surface area (Å²) < 4.78 is 0. The third-order valence-electron chi connectivity index (χ3n) is 0.686. The smallest absolute Gasteiger partial charge is 0.450 e. The van der Waals surface area contributed by atoms with Crippen LogP contribution in [0.4, 0.5) is 4.79 Å². The maximum atomic E-state index is 10.2. The van der Waals surface area contributed by atoms with Gasteiger partial charge in [-0.3, -0.25) is 9.78 Å². The molecule has 0 spiro atoms. The predicted molar refractivity (Wildman–Crippen MR) is 38.3 cm³/mol. The highest BCUT2D eigenvalue weighted by atomic mass is 16.6. The molecule has 0 aliphatic rings. The van der Waals surface area contributed by atoms with Crippen LogP contribution in [0, 0.1) is 0 Å². The van der Waals surface area contributed by atoms with E-state index < -0.39 is 11.8 Å². The first-order valence-electron chi connectivity index (χ1n) is 2.72. The summed E-state index contributed by atoms with van der Waals surface area (Å²) >= 11 is 0. The largest absolute Gasteiger partial charge is 0.503 e. The summed E-state index contributed by atoms with van der Waals surface area (Å²) in [6, 6.07) is 1.24. The first-order chi connectivity index (χ1) is 5.52. The van der Waals surface area contributed by atoms with E-state index in [-0.39, 0.29) is 5.56 Å². The van der Waals surface area contributed by atoms with Crippen molar-refractivity contribution in [2.24, 2.45) is 0 Å². The van der Waals surface area contributed by atoms with E-state index in [1.54, 1.807) is 0 Å². The highest BCUT2D eigenvalue weighted by molar-refractivity contribution is 5.53. The van der Waals surface area contributed by atoms with Crippen LogP contribution in [-0.2, 0) is 0 Å². The lowest BCUT2D eigenvalue weighted by Crippen LogP contribution is -2.19. The van der Waals surface area contributed by atoms with Crippen LogP contribution in [0.2, 0.25) is 0 Å². The van der Waals surface area contributed by atoms with Gasteiger partial charge in [-0.15, -0.1) is 0 Å². The second-order valence-electron chi connectivity index (χ2n) is 1.58. The number of H-pyrrole nitrogens is 2. The zero-order valence-electron chi connectivity index (χ0n) is 5.77. The van der Waals surface area contributed by atoms with Crippen molar-refractivity contribution >= 4 is 6.16 Å². The van der Waals surface area contributed by atoms with Crippen molar-refractivity contribution in [2.75, 3.05) is 0 Å². The Labute approximate surface area is 65.3 Å². The first-order valence-corrected chi connectivity index (χ1v) is 2.72. The Morgan fingerprint density at radius 3 is 2.08 bits per heavy atom. The molecular weight excluding hydrogens is 168 g/mol. The van der Waals surface area contributed by atoms with E-state index in [0.29, 0.717) is 0 Å². The summed E-state index contributed by atoms with van der Waals surface area (Å²) in [5.74, 6) is 0. The van der Waals surface area contributed by atoms with Gasteiger partial charge in [0, 0.05) is 12.3 Å². The number of hydrogen-bond acceptors (Lipinski definition) is 3. The van der Waals surface area contributed by atoms with Gasteiger partial charge in [0.1, 0.15) is 0 Å². The van der Waals surface area contributed by atoms with E-state index in [4.69, 9.17) is 15.0 Å². The second-order valence-corrected chi connectivity index (χ2v) is 1.58. The lowest BCUT2D eigenvalue weighted by Gasteiger charge is -1.75. The monoisotopic (exact) mass is 174 g/mol. The molecule has 0 radical (unpaired) electrons. The van der Waals surface area contributed by atoms with Gasteiger partial charge in [0.15, 0.2) is 0 Å². The molecule has 0 atom stereocenters. The van der Waals surface area contributed by atoms with Crippen molar-refractivity contribution in [2.45, 2.75) is 0 Å². The molecule has 1 rings (SSSR count). The van der Waals surface area contributed by atoms with Crippen LogP contribution in [-0.4, -0.2) is 26.3 Å². The maximum absolute atomic E-state index is 10.2. The van der Waals surface area contributed by atoms with E-state index in [2.05, 4.69) is 4.98 Å². The predicted octanol–water partition coefficient (Wildman–Crippen LogP) is -0.714. The fraction of sp³-hybridized carbons (Fsp3) is 0. The molecule has 0 amide bonds. The number of carboxylic acid groups (broad SMARTS) is 2. The Bertz CT molecular complexity index is 322. The van der Waals surface area contributed by atoms with Gasteiger partial charge < -0.3 is 15.2 Å². The Kier molecular flexibility index (Phi) is 3.91. The lowest BCUT2D eigenvalue weighted by atomic mass is 10.7. The SMILES string of the molecule is O=C(O)O.O=c1cc[nH]c(=O)[nH]1. The average molecular weight is 174 g/mol. The zero-order chi connectivity index (χ0) is 9.56. The molecule has 0 saturated carbocycles. The molecule has 1 heterocycles. The molecule has 1 aromatic heterocycles. The number of nitrogens with one attached hydrogen (secondary N) is 2. The molecular formula is C5H6N2O5. The Hall–Kier alpha value is -2.05. The summed E-state index contributed by atoms with van der Waals surface area (Å²) in [6.45, 7) is 0. The number of carbonyl (C=O) groups is 1. The normalized spacial score (nSPS) is 8.00. The van der Waals surface area contributed by atoms with Crippen molar-refractivity contribution < 1.29 is 15.0 Å². The quantitative estimate of drug-likeness (QED) is 0.413. The number of aromatic nitrogens is 2. The Balaban J connectivity index is 0.000000261. The minimum atomic E-state index is -1.83. The van der Waals surface area contributed by atoms with Crippen molar-refractivity contribution in [3.63, 3.8) is 0 Å². The summed E-state index contributed by atoms with van der Waals surface area (Å²) in [6.07, 6.45) is -0.541. The van der Waals surface area contributed by atoms with Crippen LogP contribution in [0.3, 0.4) is 0 Å². The average Bonchev–Trinajstić information content (AvgIpc) is 1.84. The summed E-state index contributed by atoms with van der Waals surface area (Å²) in [4.78, 5) is 33.2. The maximum Gasteiger partial charge on any atom is 0.503 e. The van der Waals surface area contributed by atoms with Crippen LogP contribution in [0.15, 0.2) is 21.9 Å². The third-order valence-corrected chi connectivity index (χ3v) is 0.686. The molecule has 66 valence electrons. The molecule has 0 bridgehead atoms. The molecule has 0 aromatic carbocycles. The van der Waals surface area contributed by atoms with Crippen LogP contribution in [0.1, 0.15) is 0 Å². The minimum Gasteiger partial charge on any atom is -0.450 e. The van der Waals surface area contributed by atoms with Crippen molar-refractivity contribution in [1.29, 1.82) is 0 Å². The molecule has 0 aliphatic heterocycles. The third kappa shape index (κ3) is 6.08. The Morgan fingerprint density at radius 1 is 1.33 bits per heavy atom. The highest BCUT2D eigenvalue weighted by Crippen LogP contribution is 1.51. The Morgan fingerprint density at radius 2 is 1.83 bits per heavy atom. The second kappa shape index (κ2) is 4.72. The minimum absolute atomic E-state index is 0.381. The van der Waals surface area contributed by atoms with Gasteiger partial charge >= 0.3 is 11.8 Å². The highest BCUT2D eigenvalue weighted by Gasteiger charge is 1.77. The zero-order valence-corrected chi connectivity index (χ0v) is 5.77. The van der Waals surface area contributed by atoms with Crippen molar-refractivity contribution in [3.05, 3.63) is 33.1 Å². The number of rotatable bonds is 0. The first kappa shape index (κ1) is 9.95. The molecule has 7 nitrogen and oxygen atoms in total. The van der Waals surface area contributed by atoms with Gasteiger partial charge in [-0.2, -0.15) is 0 Å². The topological polar surface area (TPSA) is 123 Å². The number of hydrogen-bond donors (Lipinski definition) is 4.